The number of benzene rings is 9. The van der Waals surface area contributed by atoms with Gasteiger partial charge in [0.25, 0.3) is 0 Å². The maximum Gasteiger partial charge on any atom is 0.0346 e. The lowest BCUT2D eigenvalue weighted by Crippen LogP contribution is -2.14. The Morgan fingerprint density at radius 2 is 0.688 bits per heavy atom. The molecule has 2 aliphatic carbocycles. The summed E-state index contributed by atoms with van der Waals surface area (Å²) in [7, 11) is 0. The Balaban J connectivity index is 1.10. The first-order valence-electron chi connectivity index (χ1n) is 22.4. The van der Waals surface area contributed by atoms with Gasteiger partial charge < -0.3 is 0 Å². The molecule has 0 bridgehead atoms. The van der Waals surface area contributed by atoms with E-state index in [1.54, 1.807) is 0 Å². The molecule has 302 valence electrons. The smallest absolute Gasteiger partial charge is 0.0346 e. The van der Waals surface area contributed by atoms with E-state index in [4.69, 9.17) is 0 Å². The van der Waals surface area contributed by atoms with Crippen LogP contribution in [0.5, 0.6) is 0 Å². The summed E-state index contributed by atoms with van der Waals surface area (Å²) < 4.78 is 0. The minimum atomic E-state index is -0.124. The van der Waals surface area contributed by atoms with Crippen LogP contribution in [0, 0.1) is 0 Å². The number of hydrogen-bond donors (Lipinski definition) is 0. The molecule has 0 unspecified atom stereocenters. The van der Waals surface area contributed by atoms with Gasteiger partial charge in [-0.15, -0.1) is 0 Å². The largest absolute Gasteiger partial charge is 0.264 e. The fourth-order valence-electron chi connectivity index (χ4n) is 11.4. The molecule has 2 aromatic heterocycles. The van der Waals surface area contributed by atoms with Crippen molar-refractivity contribution in [2.75, 3.05) is 0 Å². The quantitative estimate of drug-likeness (QED) is 0.131. The first-order chi connectivity index (χ1) is 31.2. The van der Waals surface area contributed by atoms with E-state index >= 15 is 0 Å². The van der Waals surface area contributed by atoms with Crippen LogP contribution in [0.15, 0.2) is 195 Å². The van der Waals surface area contributed by atoms with Gasteiger partial charge in [-0.2, -0.15) is 0 Å². The van der Waals surface area contributed by atoms with E-state index in [1.807, 2.05) is 36.9 Å². The predicted molar refractivity (Wildman–Crippen MR) is 269 cm³/mol. The fourth-order valence-corrected chi connectivity index (χ4v) is 11.4. The summed E-state index contributed by atoms with van der Waals surface area (Å²) in [6, 6.07) is 64.3. The van der Waals surface area contributed by atoms with Crippen molar-refractivity contribution < 1.29 is 0 Å². The molecule has 0 saturated carbocycles. The highest BCUT2D eigenvalue weighted by atomic mass is 14.6. The van der Waals surface area contributed by atoms with Gasteiger partial charge in [-0.25, -0.2) is 0 Å². The Morgan fingerprint density at radius 1 is 0.281 bits per heavy atom. The topological polar surface area (TPSA) is 25.8 Å². The lowest BCUT2D eigenvalue weighted by atomic mass is 9.80. The van der Waals surface area contributed by atoms with Crippen LogP contribution in [-0.2, 0) is 10.8 Å². The molecule has 0 atom stereocenters. The minimum Gasteiger partial charge on any atom is -0.264 e. The number of aromatic nitrogens is 2. The second kappa shape index (κ2) is 13.4. The van der Waals surface area contributed by atoms with Crippen molar-refractivity contribution in [3.8, 4) is 66.8 Å². The van der Waals surface area contributed by atoms with Gasteiger partial charge in [-0.1, -0.05) is 137 Å². The van der Waals surface area contributed by atoms with Crippen molar-refractivity contribution >= 4 is 43.1 Å². The number of fused-ring (bicyclic) bond motifs is 12. The van der Waals surface area contributed by atoms with Crippen LogP contribution in [0.4, 0.5) is 0 Å². The molecule has 2 aliphatic rings. The lowest BCUT2D eigenvalue weighted by Gasteiger charge is -2.23. The third kappa shape index (κ3) is 5.32. The van der Waals surface area contributed by atoms with E-state index < -0.39 is 0 Å². The van der Waals surface area contributed by atoms with Crippen molar-refractivity contribution in [3.63, 3.8) is 0 Å². The number of nitrogens with zero attached hydrogens (tertiary/aromatic N) is 2. The van der Waals surface area contributed by atoms with Gasteiger partial charge in [0.05, 0.1) is 0 Å². The molecule has 64 heavy (non-hydrogen) atoms. The molecule has 9 aromatic carbocycles. The van der Waals surface area contributed by atoms with Crippen LogP contribution in [0.2, 0.25) is 0 Å². The van der Waals surface area contributed by atoms with Crippen LogP contribution < -0.4 is 0 Å². The average molecular weight is 817 g/mol. The molecule has 13 rings (SSSR count). The summed E-state index contributed by atoms with van der Waals surface area (Å²) in [5.74, 6) is 0. The molecular formula is C62H44N2. The molecule has 0 radical (unpaired) electrons. The van der Waals surface area contributed by atoms with Crippen LogP contribution in [-0.4, -0.2) is 9.97 Å². The Bertz CT molecular complexity index is 3480. The predicted octanol–water partition coefficient (Wildman–Crippen LogP) is 16.4. The van der Waals surface area contributed by atoms with Gasteiger partial charge in [-0.3, -0.25) is 9.97 Å². The normalized spacial score (nSPS) is 14.2. The summed E-state index contributed by atoms with van der Waals surface area (Å²) >= 11 is 0. The highest BCUT2D eigenvalue weighted by Crippen LogP contribution is 2.54. The van der Waals surface area contributed by atoms with Gasteiger partial charge >= 0.3 is 0 Å². The zero-order chi connectivity index (χ0) is 42.9. The standard InChI is InChI=1S/C62H44N2/c1-61(2)57-15-7-5-13-45(57)55-31-51-47(39-21-17-37(18-22-39)41-11-9-25-63-35-41)27-43-30-50-44(29-49(43)53(51)33-59(55)61)28-48(40-23-19-38(20-24-40)42-12-10-26-64-36-42)52-32-56-46-14-6-8-16-58(46)62(3,4)60(56)34-54(50)52/h5-36H,1-4H3. The first kappa shape index (κ1) is 36.9. The zero-order valence-electron chi connectivity index (χ0n) is 36.4. The van der Waals surface area contributed by atoms with Gasteiger partial charge in [0.2, 0.25) is 0 Å². The minimum absolute atomic E-state index is 0.124. The van der Waals surface area contributed by atoms with Crippen molar-refractivity contribution in [1.82, 2.24) is 9.97 Å². The molecule has 2 nitrogen and oxygen atoms in total. The Labute approximate surface area is 373 Å². The third-order valence-electron chi connectivity index (χ3n) is 14.8. The number of hydrogen-bond acceptors (Lipinski definition) is 2. The lowest BCUT2D eigenvalue weighted by molar-refractivity contribution is 0.661. The second-order valence-corrected chi connectivity index (χ2v) is 19.0. The van der Waals surface area contributed by atoms with E-state index in [1.165, 1.54) is 110 Å². The van der Waals surface area contributed by atoms with Gasteiger partial charge in [-0.05, 0) is 193 Å². The molecule has 11 aromatic rings. The summed E-state index contributed by atoms with van der Waals surface area (Å²) in [6.07, 6.45) is 7.55. The third-order valence-corrected chi connectivity index (χ3v) is 14.8. The second-order valence-electron chi connectivity index (χ2n) is 19.0. The van der Waals surface area contributed by atoms with Gasteiger partial charge in [0.15, 0.2) is 0 Å². The molecule has 0 amide bonds. The molecule has 2 heteroatoms. The maximum absolute atomic E-state index is 4.40. The Hall–Kier alpha value is -7.68. The summed E-state index contributed by atoms with van der Waals surface area (Å²) in [4.78, 5) is 8.80. The summed E-state index contributed by atoms with van der Waals surface area (Å²) in [5.41, 5.74) is 20.1. The van der Waals surface area contributed by atoms with Gasteiger partial charge in [0.1, 0.15) is 0 Å². The number of rotatable bonds is 4. The molecule has 0 aliphatic heterocycles. The highest BCUT2D eigenvalue weighted by Gasteiger charge is 2.37. The van der Waals surface area contributed by atoms with Crippen molar-refractivity contribution in [2.24, 2.45) is 0 Å². The van der Waals surface area contributed by atoms with E-state index in [-0.39, 0.29) is 10.8 Å². The Morgan fingerprint density at radius 3 is 1.09 bits per heavy atom. The van der Waals surface area contributed by atoms with Crippen LogP contribution in [0.25, 0.3) is 110 Å². The first-order valence-corrected chi connectivity index (χ1v) is 22.4. The number of pyridine rings is 2. The summed E-state index contributed by atoms with van der Waals surface area (Å²) in [6.45, 7) is 9.55. The van der Waals surface area contributed by atoms with Crippen molar-refractivity contribution in [3.05, 3.63) is 217 Å². The highest BCUT2D eigenvalue weighted by molar-refractivity contribution is 6.23. The summed E-state index contributed by atoms with van der Waals surface area (Å²) in [5, 5.41) is 10.2. The monoisotopic (exact) mass is 816 g/mol. The molecule has 0 saturated heterocycles. The van der Waals surface area contributed by atoms with Crippen LogP contribution >= 0.6 is 0 Å². The van der Waals surface area contributed by atoms with Crippen LogP contribution in [0.1, 0.15) is 49.9 Å². The molecule has 0 N–H and O–H groups in total. The molecule has 0 spiro atoms. The van der Waals surface area contributed by atoms with Gasteiger partial charge in [0, 0.05) is 35.6 Å². The zero-order valence-corrected chi connectivity index (χ0v) is 36.4. The van der Waals surface area contributed by atoms with Crippen molar-refractivity contribution in [2.45, 2.75) is 38.5 Å². The Kier molecular flexibility index (Phi) is 7.74. The molecule has 0 fully saturated rings. The van der Waals surface area contributed by atoms with E-state index in [2.05, 4.69) is 195 Å². The van der Waals surface area contributed by atoms with E-state index in [9.17, 15) is 0 Å². The average Bonchev–Trinajstić information content (AvgIpc) is 3.71. The fraction of sp³-hybridized carbons (Fsp3) is 0.0968. The van der Waals surface area contributed by atoms with Crippen molar-refractivity contribution in [1.29, 1.82) is 0 Å². The molecule has 2 heterocycles. The van der Waals surface area contributed by atoms with Crippen LogP contribution in [0.3, 0.4) is 0 Å². The SMILES string of the molecule is CC1(C)c2ccccc2-c2cc3c(-c4ccc(-c5cccnc5)cc4)cc4cc5c(cc(-c6ccc(-c7cccnc7)cc6)c6cc7c(cc65)C(C)(C)c5ccccc5-7)cc4c3cc21. The maximum atomic E-state index is 4.40. The van der Waals surface area contributed by atoms with E-state index in [0.717, 1.165) is 22.3 Å². The molecular weight excluding hydrogens is 773 g/mol. The van der Waals surface area contributed by atoms with E-state index in [0.29, 0.717) is 0 Å².